The lowest BCUT2D eigenvalue weighted by Gasteiger charge is -2.36. The number of amides is 1. The van der Waals surface area contributed by atoms with Crippen molar-refractivity contribution in [1.29, 1.82) is 0 Å². The van der Waals surface area contributed by atoms with Crippen LogP contribution in [0.2, 0.25) is 0 Å². The number of Topliss-reactive ketones (excluding diaryl/α,β-unsaturated/α-hetero) is 1. The molecular formula is C20H25N3O2. The maximum Gasteiger partial charge on any atom is 0.270 e. The van der Waals surface area contributed by atoms with Crippen LogP contribution >= 0.6 is 0 Å². The molecule has 0 bridgehead atoms. The highest BCUT2D eigenvalue weighted by Crippen LogP contribution is 2.22. The number of nitrogens with zero attached hydrogens (tertiary/aromatic N) is 2. The molecule has 132 valence electrons. The first-order chi connectivity index (χ1) is 11.9. The third-order valence-electron chi connectivity index (χ3n) is 4.94. The fourth-order valence-corrected chi connectivity index (χ4v) is 3.64. The van der Waals surface area contributed by atoms with Gasteiger partial charge >= 0.3 is 0 Å². The van der Waals surface area contributed by atoms with Gasteiger partial charge < -0.3 is 14.8 Å². The Labute approximate surface area is 148 Å². The largest absolute Gasteiger partial charge is 0.368 e. The molecule has 1 fully saturated rings. The SMILES string of the molecule is CC(=O)c1c(C)[nH]c(C(=O)N2CCN(c3cccc(C)c3)CC2)c1C. The number of ketones is 1. The zero-order valence-corrected chi connectivity index (χ0v) is 15.3. The van der Waals surface area contributed by atoms with Crippen molar-refractivity contribution in [2.24, 2.45) is 0 Å². The quantitative estimate of drug-likeness (QED) is 0.874. The molecule has 0 radical (unpaired) electrons. The van der Waals surface area contributed by atoms with Crippen molar-refractivity contribution in [3.8, 4) is 0 Å². The molecular weight excluding hydrogens is 314 g/mol. The molecule has 1 amide bonds. The number of hydrogen-bond donors (Lipinski definition) is 1. The van der Waals surface area contributed by atoms with E-state index in [4.69, 9.17) is 0 Å². The monoisotopic (exact) mass is 339 g/mol. The van der Waals surface area contributed by atoms with E-state index in [1.165, 1.54) is 18.2 Å². The lowest BCUT2D eigenvalue weighted by molar-refractivity contribution is 0.0740. The van der Waals surface area contributed by atoms with E-state index >= 15 is 0 Å². The average molecular weight is 339 g/mol. The van der Waals surface area contributed by atoms with Crippen LogP contribution in [0.5, 0.6) is 0 Å². The first kappa shape index (κ1) is 17.3. The van der Waals surface area contributed by atoms with Gasteiger partial charge in [-0.15, -0.1) is 0 Å². The summed E-state index contributed by atoms with van der Waals surface area (Å²) in [5.41, 5.74) is 5.17. The number of H-pyrrole nitrogens is 1. The number of carbonyl (C=O) groups is 2. The molecule has 2 heterocycles. The maximum absolute atomic E-state index is 12.9. The molecule has 1 saturated heterocycles. The highest BCUT2D eigenvalue weighted by Gasteiger charge is 2.26. The second-order valence-electron chi connectivity index (χ2n) is 6.80. The Kier molecular flexibility index (Phi) is 4.66. The van der Waals surface area contributed by atoms with Crippen LogP contribution in [0, 0.1) is 20.8 Å². The van der Waals surface area contributed by atoms with Gasteiger partial charge in [-0.2, -0.15) is 0 Å². The van der Waals surface area contributed by atoms with Crippen molar-refractivity contribution in [2.75, 3.05) is 31.1 Å². The number of piperazine rings is 1. The van der Waals surface area contributed by atoms with Gasteiger partial charge in [0.1, 0.15) is 5.69 Å². The highest BCUT2D eigenvalue weighted by molar-refractivity contribution is 6.02. The summed E-state index contributed by atoms with van der Waals surface area (Å²) in [4.78, 5) is 31.9. The van der Waals surface area contributed by atoms with Crippen molar-refractivity contribution in [3.63, 3.8) is 0 Å². The van der Waals surface area contributed by atoms with Crippen LogP contribution in [0.15, 0.2) is 24.3 Å². The van der Waals surface area contributed by atoms with Gasteiger partial charge in [-0.3, -0.25) is 9.59 Å². The van der Waals surface area contributed by atoms with Crippen molar-refractivity contribution >= 4 is 17.4 Å². The van der Waals surface area contributed by atoms with Crippen LogP contribution in [0.3, 0.4) is 0 Å². The summed E-state index contributed by atoms with van der Waals surface area (Å²) >= 11 is 0. The molecule has 3 rings (SSSR count). The van der Waals surface area contributed by atoms with E-state index in [9.17, 15) is 9.59 Å². The van der Waals surface area contributed by atoms with Crippen molar-refractivity contribution in [2.45, 2.75) is 27.7 Å². The van der Waals surface area contributed by atoms with Gasteiger partial charge in [0.05, 0.1) is 0 Å². The summed E-state index contributed by atoms with van der Waals surface area (Å²) < 4.78 is 0. The highest BCUT2D eigenvalue weighted by atomic mass is 16.2. The van der Waals surface area contributed by atoms with Gasteiger partial charge in [-0.1, -0.05) is 12.1 Å². The number of anilines is 1. The fourth-order valence-electron chi connectivity index (χ4n) is 3.64. The standard InChI is InChI=1S/C20H25N3O2/c1-13-6-5-7-17(12-13)22-8-10-23(11-9-22)20(25)19-14(2)18(16(4)24)15(3)21-19/h5-7,12,21H,8-11H2,1-4H3. The second kappa shape index (κ2) is 6.75. The molecule has 0 spiro atoms. The minimum absolute atomic E-state index is 0.00503. The lowest BCUT2D eigenvalue weighted by atomic mass is 10.1. The summed E-state index contributed by atoms with van der Waals surface area (Å²) in [6, 6.07) is 8.44. The summed E-state index contributed by atoms with van der Waals surface area (Å²) in [6.07, 6.45) is 0. The van der Waals surface area contributed by atoms with Crippen molar-refractivity contribution < 1.29 is 9.59 Å². The normalized spacial score (nSPS) is 14.7. The van der Waals surface area contributed by atoms with Gasteiger partial charge in [-0.05, 0) is 51.0 Å². The molecule has 5 nitrogen and oxygen atoms in total. The van der Waals surface area contributed by atoms with E-state index in [1.54, 1.807) is 0 Å². The van der Waals surface area contributed by atoms with Crippen LogP contribution in [-0.4, -0.2) is 47.8 Å². The molecule has 1 N–H and O–H groups in total. The Morgan fingerprint density at radius 2 is 1.72 bits per heavy atom. The zero-order valence-electron chi connectivity index (χ0n) is 15.3. The number of nitrogens with one attached hydrogen (secondary N) is 1. The van der Waals surface area contributed by atoms with Gasteiger partial charge in [0.15, 0.2) is 5.78 Å². The molecule has 2 aromatic rings. The predicted molar refractivity (Wildman–Crippen MR) is 99.6 cm³/mol. The summed E-state index contributed by atoms with van der Waals surface area (Å²) in [7, 11) is 0. The fraction of sp³-hybridized carbons (Fsp3) is 0.400. The van der Waals surface area contributed by atoms with E-state index in [1.807, 2.05) is 18.7 Å². The Bertz CT molecular complexity index is 814. The maximum atomic E-state index is 12.9. The van der Waals surface area contributed by atoms with E-state index in [0.717, 1.165) is 24.3 Å². The Morgan fingerprint density at radius 3 is 2.28 bits per heavy atom. The summed E-state index contributed by atoms with van der Waals surface area (Å²) in [5, 5.41) is 0. The number of carbonyl (C=O) groups excluding carboxylic acids is 2. The lowest BCUT2D eigenvalue weighted by Crippen LogP contribution is -2.49. The van der Waals surface area contributed by atoms with E-state index in [-0.39, 0.29) is 11.7 Å². The van der Waals surface area contributed by atoms with Gasteiger partial charge in [0.2, 0.25) is 0 Å². The molecule has 1 aliphatic heterocycles. The van der Waals surface area contributed by atoms with Crippen LogP contribution in [0.4, 0.5) is 5.69 Å². The van der Waals surface area contributed by atoms with Crippen LogP contribution < -0.4 is 4.90 Å². The minimum atomic E-state index is -0.0167. The number of aromatic amines is 1. The molecule has 0 unspecified atom stereocenters. The third-order valence-corrected chi connectivity index (χ3v) is 4.94. The van der Waals surface area contributed by atoms with E-state index < -0.39 is 0 Å². The van der Waals surface area contributed by atoms with Crippen LogP contribution in [0.1, 0.15) is 44.6 Å². The smallest absolute Gasteiger partial charge is 0.270 e. The molecule has 0 atom stereocenters. The van der Waals surface area contributed by atoms with Gasteiger partial charge in [0, 0.05) is 43.1 Å². The molecule has 1 aromatic heterocycles. The topological polar surface area (TPSA) is 56.4 Å². The van der Waals surface area contributed by atoms with Crippen LogP contribution in [-0.2, 0) is 0 Å². The first-order valence-corrected chi connectivity index (χ1v) is 8.69. The number of aryl methyl sites for hydroxylation is 2. The molecule has 1 aliphatic rings. The molecule has 5 heteroatoms. The van der Waals surface area contributed by atoms with Crippen molar-refractivity contribution in [1.82, 2.24) is 9.88 Å². The molecule has 1 aromatic carbocycles. The third kappa shape index (κ3) is 3.31. The summed E-state index contributed by atoms with van der Waals surface area (Å²) in [6.45, 7) is 10.3. The summed E-state index contributed by atoms with van der Waals surface area (Å²) in [5.74, 6) is -0.0217. The van der Waals surface area contributed by atoms with Gasteiger partial charge in [-0.25, -0.2) is 0 Å². The average Bonchev–Trinajstić information content (AvgIpc) is 2.89. The van der Waals surface area contributed by atoms with Crippen LogP contribution in [0.25, 0.3) is 0 Å². The first-order valence-electron chi connectivity index (χ1n) is 8.69. The predicted octanol–water partition coefficient (Wildman–Crippen LogP) is 3.10. The number of hydrogen-bond acceptors (Lipinski definition) is 3. The number of benzene rings is 1. The Balaban J connectivity index is 1.72. The van der Waals surface area contributed by atoms with E-state index in [0.29, 0.717) is 24.3 Å². The number of aromatic nitrogens is 1. The second-order valence-corrected chi connectivity index (χ2v) is 6.80. The van der Waals surface area contributed by atoms with E-state index in [2.05, 4.69) is 41.1 Å². The Hall–Kier alpha value is -2.56. The zero-order chi connectivity index (χ0) is 18.1. The molecule has 25 heavy (non-hydrogen) atoms. The number of rotatable bonds is 3. The van der Waals surface area contributed by atoms with Crippen molar-refractivity contribution in [3.05, 3.63) is 52.3 Å². The molecule has 0 saturated carbocycles. The Morgan fingerprint density at radius 1 is 1.04 bits per heavy atom. The molecule has 0 aliphatic carbocycles. The minimum Gasteiger partial charge on any atom is -0.368 e. The van der Waals surface area contributed by atoms with Gasteiger partial charge in [0.25, 0.3) is 5.91 Å².